The average molecular weight is 304 g/mol. The van der Waals surface area contributed by atoms with Crippen molar-refractivity contribution in [2.24, 2.45) is 11.3 Å². The van der Waals surface area contributed by atoms with E-state index in [0.717, 1.165) is 0 Å². The molecular formula is C14H25O5P. The summed E-state index contributed by atoms with van der Waals surface area (Å²) in [6.07, 6.45) is 2.24. The highest BCUT2D eigenvalue weighted by atomic mass is 31.2. The molecule has 2 atom stereocenters. The van der Waals surface area contributed by atoms with E-state index in [2.05, 4.69) is 6.58 Å². The molecule has 0 aliphatic carbocycles. The molecule has 0 aromatic rings. The van der Waals surface area contributed by atoms with E-state index < -0.39 is 19.6 Å². The van der Waals surface area contributed by atoms with Crippen LogP contribution in [0.25, 0.3) is 0 Å². The topological polar surface area (TPSA) is 67.8 Å². The van der Waals surface area contributed by atoms with E-state index in [-0.39, 0.29) is 17.9 Å². The Labute approximate surface area is 121 Å². The fraction of sp³-hybridized carbons (Fsp3) is 0.786. The summed E-state index contributed by atoms with van der Waals surface area (Å²) in [5, 5.41) is 0. The molecule has 0 aromatic heterocycles. The Hall–Kier alpha value is -0.480. The van der Waals surface area contributed by atoms with Crippen molar-refractivity contribution in [2.45, 2.75) is 39.8 Å². The van der Waals surface area contributed by atoms with Crippen LogP contribution in [0.5, 0.6) is 0 Å². The summed E-state index contributed by atoms with van der Waals surface area (Å²) in [5.74, 6) is -0.830. The van der Waals surface area contributed by atoms with E-state index in [4.69, 9.17) is 13.8 Å². The van der Waals surface area contributed by atoms with Crippen LogP contribution < -0.4 is 4.89 Å². The first kappa shape index (κ1) is 17.6. The van der Waals surface area contributed by atoms with Crippen LogP contribution in [0.4, 0.5) is 0 Å². The second-order valence-electron chi connectivity index (χ2n) is 5.76. The standard InChI is InChI=1S/C14H25O5P/c1-6-11(7-2)12(13(15)17-8-3)20(16)18-9-14(4,5)10-19-20/h6,11-12H,1,7-10H2,2-5H3. The molecule has 5 nitrogen and oxygen atoms in total. The fourth-order valence-electron chi connectivity index (χ4n) is 2.05. The van der Waals surface area contributed by atoms with E-state index in [1.54, 1.807) is 13.0 Å². The predicted octanol–water partition coefficient (Wildman–Crippen LogP) is 2.33. The van der Waals surface area contributed by atoms with E-state index in [9.17, 15) is 9.69 Å². The molecule has 1 heterocycles. The van der Waals surface area contributed by atoms with Crippen LogP contribution in [0.15, 0.2) is 12.7 Å². The van der Waals surface area contributed by atoms with Gasteiger partial charge in [-0.25, -0.2) is 13.8 Å². The molecule has 0 aromatic carbocycles. The normalized spacial score (nSPS) is 23.6. The van der Waals surface area contributed by atoms with Gasteiger partial charge < -0.3 is 9.63 Å². The lowest BCUT2D eigenvalue weighted by atomic mass is 9.97. The van der Waals surface area contributed by atoms with Crippen LogP contribution in [0.3, 0.4) is 0 Å². The summed E-state index contributed by atoms with van der Waals surface area (Å²) in [5.41, 5.74) is -1.13. The van der Waals surface area contributed by atoms with E-state index in [0.29, 0.717) is 19.6 Å². The molecule has 6 heteroatoms. The van der Waals surface area contributed by atoms with Gasteiger partial charge in [0.1, 0.15) is 13.2 Å². The number of carbonyl (C=O) groups excluding carboxylic acids is 1. The van der Waals surface area contributed by atoms with Crippen molar-refractivity contribution in [1.29, 1.82) is 0 Å². The Kier molecular flexibility index (Phi) is 6.14. The highest BCUT2D eigenvalue weighted by Crippen LogP contribution is 2.63. The number of hydrogen-bond donors (Lipinski definition) is 0. The second kappa shape index (κ2) is 6.99. The van der Waals surface area contributed by atoms with Crippen molar-refractivity contribution < 1.29 is 23.5 Å². The minimum Gasteiger partial charge on any atom is -0.631 e. The van der Waals surface area contributed by atoms with Crippen LogP contribution in [0, 0.1) is 11.3 Å². The number of hydrogen-bond acceptors (Lipinski definition) is 5. The van der Waals surface area contributed by atoms with Crippen LogP contribution >= 0.6 is 7.94 Å². The molecule has 1 saturated heterocycles. The van der Waals surface area contributed by atoms with Crippen molar-refractivity contribution in [3.05, 3.63) is 12.7 Å². The first-order chi connectivity index (χ1) is 9.29. The number of carbonyl (C=O) groups is 1. The average Bonchev–Trinajstić information content (AvgIpc) is 2.40. The Morgan fingerprint density at radius 3 is 2.40 bits per heavy atom. The lowest BCUT2D eigenvalue weighted by Crippen LogP contribution is -2.45. The monoisotopic (exact) mass is 304 g/mol. The maximum Gasteiger partial charge on any atom is 0.352 e. The largest absolute Gasteiger partial charge is 0.631 e. The van der Waals surface area contributed by atoms with Crippen LogP contribution in [-0.2, 0) is 18.6 Å². The van der Waals surface area contributed by atoms with Gasteiger partial charge in [-0.3, -0.25) is 0 Å². The molecule has 0 bridgehead atoms. The van der Waals surface area contributed by atoms with Gasteiger partial charge in [-0.2, -0.15) is 0 Å². The molecule has 1 aliphatic heterocycles. The number of allylic oxidation sites excluding steroid dienone is 1. The van der Waals surface area contributed by atoms with Crippen LogP contribution in [0.1, 0.15) is 34.1 Å². The molecule has 1 rings (SSSR count). The molecule has 1 aliphatic rings. The first-order valence-electron chi connectivity index (χ1n) is 6.97. The molecule has 0 spiro atoms. The SMILES string of the molecule is C=CC(CC)C(C(=O)OCC)[P+]1([O-])OCC(C)(C)CO1. The molecule has 0 amide bonds. The van der Waals surface area contributed by atoms with Crippen LogP contribution in [-0.4, -0.2) is 31.4 Å². The summed E-state index contributed by atoms with van der Waals surface area (Å²) in [6.45, 7) is 12.1. The lowest BCUT2D eigenvalue weighted by molar-refractivity contribution is -0.237. The van der Waals surface area contributed by atoms with Gasteiger partial charge in [0, 0.05) is 11.3 Å². The zero-order valence-corrected chi connectivity index (χ0v) is 13.7. The third-order valence-electron chi connectivity index (χ3n) is 3.32. The van der Waals surface area contributed by atoms with E-state index in [1.165, 1.54) is 0 Å². The van der Waals surface area contributed by atoms with Gasteiger partial charge in [-0.1, -0.05) is 26.8 Å². The molecule has 0 saturated carbocycles. The molecule has 0 radical (unpaired) electrons. The summed E-state index contributed by atoms with van der Waals surface area (Å²) < 4.78 is 16.0. The molecule has 2 unspecified atom stereocenters. The van der Waals surface area contributed by atoms with Crippen LogP contribution in [0.2, 0.25) is 0 Å². The van der Waals surface area contributed by atoms with Crippen molar-refractivity contribution >= 4 is 13.9 Å². The summed E-state index contributed by atoms with van der Waals surface area (Å²) in [6, 6.07) is 0. The molecule has 1 fully saturated rings. The summed E-state index contributed by atoms with van der Waals surface area (Å²) >= 11 is 0. The first-order valence-corrected chi connectivity index (χ1v) is 8.59. The van der Waals surface area contributed by atoms with Gasteiger partial charge in [0.15, 0.2) is 0 Å². The van der Waals surface area contributed by atoms with Gasteiger partial charge in [0.2, 0.25) is 5.66 Å². The van der Waals surface area contributed by atoms with Crippen molar-refractivity contribution in [2.75, 3.05) is 19.8 Å². The van der Waals surface area contributed by atoms with E-state index >= 15 is 0 Å². The highest BCUT2D eigenvalue weighted by molar-refractivity contribution is 7.61. The van der Waals surface area contributed by atoms with E-state index in [1.807, 2.05) is 20.8 Å². The van der Waals surface area contributed by atoms with Gasteiger partial charge in [-0.05, 0) is 13.3 Å². The van der Waals surface area contributed by atoms with Crippen molar-refractivity contribution in [1.82, 2.24) is 0 Å². The quantitative estimate of drug-likeness (QED) is 0.428. The van der Waals surface area contributed by atoms with Gasteiger partial charge >= 0.3 is 5.97 Å². The zero-order chi connectivity index (χ0) is 15.4. The van der Waals surface area contributed by atoms with Gasteiger partial charge in [-0.15, -0.1) is 6.58 Å². The second-order valence-corrected chi connectivity index (χ2v) is 7.91. The summed E-state index contributed by atoms with van der Waals surface area (Å²) in [4.78, 5) is 25.1. The summed E-state index contributed by atoms with van der Waals surface area (Å²) in [7, 11) is -3.52. The Balaban J connectivity index is 2.97. The maximum atomic E-state index is 12.9. The van der Waals surface area contributed by atoms with Gasteiger partial charge in [0.05, 0.1) is 6.61 Å². The fourth-order valence-corrected chi connectivity index (χ4v) is 4.64. The number of ether oxygens (including phenoxy) is 1. The smallest absolute Gasteiger partial charge is 0.352 e. The molecule has 116 valence electrons. The zero-order valence-electron chi connectivity index (χ0n) is 12.8. The van der Waals surface area contributed by atoms with Crippen molar-refractivity contribution in [3.8, 4) is 0 Å². The predicted molar refractivity (Wildman–Crippen MR) is 77.0 cm³/mol. The van der Waals surface area contributed by atoms with Crippen molar-refractivity contribution in [3.63, 3.8) is 0 Å². The number of esters is 1. The minimum absolute atomic E-state index is 0.205. The molecule has 20 heavy (non-hydrogen) atoms. The highest BCUT2D eigenvalue weighted by Gasteiger charge is 2.54. The van der Waals surface area contributed by atoms with Gasteiger partial charge in [0.25, 0.3) is 7.94 Å². The Morgan fingerprint density at radius 2 is 2.00 bits per heavy atom. The Bertz CT molecular complexity index is 345. The minimum atomic E-state index is -3.52. The third kappa shape index (κ3) is 4.01. The maximum absolute atomic E-state index is 12.9. The molecular weight excluding hydrogens is 279 g/mol. The molecule has 0 N–H and O–H groups in total. The Morgan fingerprint density at radius 1 is 1.45 bits per heavy atom. The third-order valence-corrected chi connectivity index (χ3v) is 5.57. The number of rotatable bonds is 6. The lowest BCUT2D eigenvalue weighted by Gasteiger charge is -2.42.